The van der Waals surface area contributed by atoms with Crippen molar-refractivity contribution in [3.63, 3.8) is 0 Å². The first-order chi connectivity index (χ1) is 9.08. The van der Waals surface area contributed by atoms with E-state index in [0.29, 0.717) is 0 Å². The summed E-state index contributed by atoms with van der Waals surface area (Å²) >= 11 is 15.1. The van der Waals surface area contributed by atoms with Crippen molar-refractivity contribution < 1.29 is 9.47 Å². The van der Waals surface area contributed by atoms with Crippen molar-refractivity contribution >= 4 is 54.8 Å². The molecule has 0 radical (unpaired) electrons. The Labute approximate surface area is 137 Å². The number of methoxy groups -OCH3 is 2. The zero-order chi connectivity index (χ0) is 14.0. The number of hydrogen-bond donors (Lipinski definition) is 0. The molecule has 19 heavy (non-hydrogen) atoms. The summed E-state index contributed by atoms with van der Waals surface area (Å²) in [6.45, 7) is 0. The van der Waals surface area contributed by atoms with Gasteiger partial charge < -0.3 is 9.47 Å². The average molecular weight is 427 g/mol. The summed E-state index contributed by atoms with van der Waals surface area (Å²) in [4.78, 5) is 1.02. The number of hydrogen-bond acceptors (Lipinski definition) is 3. The third-order valence-corrected chi connectivity index (χ3v) is 6.54. The number of thiophene rings is 1. The van der Waals surface area contributed by atoms with Gasteiger partial charge in [-0.3, -0.25) is 0 Å². The SMILES string of the molecule is COc1cccc(OC)c1C(Cl)c1cc(Br)c(Br)s1. The highest BCUT2D eigenvalue weighted by Crippen LogP contribution is 2.45. The lowest BCUT2D eigenvalue weighted by molar-refractivity contribution is 0.386. The molecule has 6 heteroatoms. The van der Waals surface area contributed by atoms with E-state index < -0.39 is 0 Å². The van der Waals surface area contributed by atoms with Crippen molar-refractivity contribution in [2.24, 2.45) is 0 Å². The van der Waals surface area contributed by atoms with Crippen LogP contribution in [0.1, 0.15) is 15.8 Å². The first-order valence-corrected chi connectivity index (χ1v) is 8.22. The Morgan fingerprint density at radius 1 is 1.16 bits per heavy atom. The fourth-order valence-corrected chi connectivity index (χ4v) is 4.25. The molecule has 1 unspecified atom stereocenters. The van der Waals surface area contributed by atoms with E-state index in [4.69, 9.17) is 21.1 Å². The summed E-state index contributed by atoms with van der Waals surface area (Å²) in [6, 6.07) is 7.64. The molecule has 0 saturated heterocycles. The van der Waals surface area contributed by atoms with Gasteiger partial charge >= 0.3 is 0 Å². The van der Waals surface area contributed by atoms with Gasteiger partial charge in [-0.2, -0.15) is 0 Å². The van der Waals surface area contributed by atoms with Gasteiger partial charge in [0.05, 0.1) is 23.6 Å². The molecular formula is C13H11Br2ClO2S. The second kappa shape index (κ2) is 6.48. The molecule has 1 aromatic carbocycles. The molecule has 1 aromatic heterocycles. The zero-order valence-corrected chi connectivity index (χ0v) is 15.0. The predicted octanol–water partition coefficient (Wildman–Crippen LogP) is 5.62. The Morgan fingerprint density at radius 3 is 2.16 bits per heavy atom. The number of benzene rings is 1. The summed E-state index contributed by atoms with van der Waals surface area (Å²) in [6.07, 6.45) is 0. The van der Waals surface area contributed by atoms with Crippen LogP contribution in [0.2, 0.25) is 0 Å². The fourth-order valence-electron chi connectivity index (χ4n) is 1.76. The van der Waals surface area contributed by atoms with E-state index in [1.807, 2.05) is 24.3 Å². The van der Waals surface area contributed by atoms with Gasteiger partial charge in [-0.25, -0.2) is 0 Å². The third kappa shape index (κ3) is 3.10. The van der Waals surface area contributed by atoms with E-state index in [1.165, 1.54) is 0 Å². The molecule has 0 amide bonds. The number of alkyl halides is 1. The monoisotopic (exact) mass is 424 g/mol. The lowest BCUT2D eigenvalue weighted by Gasteiger charge is -2.16. The van der Waals surface area contributed by atoms with E-state index >= 15 is 0 Å². The van der Waals surface area contributed by atoms with E-state index in [2.05, 4.69) is 31.9 Å². The van der Waals surface area contributed by atoms with Gasteiger partial charge in [0.15, 0.2) is 0 Å². The van der Waals surface area contributed by atoms with Crippen molar-refractivity contribution in [2.75, 3.05) is 14.2 Å². The van der Waals surface area contributed by atoms with Crippen LogP contribution in [0.25, 0.3) is 0 Å². The number of ether oxygens (including phenoxy) is 2. The molecule has 102 valence electrons. The second-order valence-electron chi connectivity index (χ2n) is 3.71. The molecule has 0 aliphatic rings. The van der Waals surface area contributed by atoms with Gasteiger partial charge in [0, 0.05) is 9.35 Å². The summed E-state index contributed by atoms with van der Waals surface area (Å²) in [5.74, 6) is 1.44. The highest BCUT2D eigenvalue weighted by molar-refractivity contribution is 9.13. The highest BCUT2D eigenvalue weighted by atomic mass is 79.9. The van der Waals surface area contributed by atoms with Crippen LogP contribution in [-0.2, 0) is 0 Å². The van der Waals surface area contributed by atoms with Gasteiger partial charge in [-0.15, -0.1) is 22.9 Å². The van der Waals surface area contributed by atoms with Crippen molar-refractivity contribution in [1.82, 2.24) is 0 Å². The largest absolute Gasteiger partial charge is 0.496 e. The number of rotatable bonds is 4. The second-order valence-corrected chi connectivity index (χ2v) is 7.40. The molecule has 0 aliphatic carbocycles. The standard InChI is InChI=1S/C13H11Br2ClO2S/c1-17-8-4-3-5-9(18-2)11(8)12(16)10-6-7(14)13(15)19-10/h3-6,12H,1-2H3. The zero-order valence-electron chi connectivity index (χ0n) is 10.2. The lowest BCUT2D eigenvalue weighted by atomic mass is 10.1. The summed E-state index contributed by atoms with van der Waals surface area (Å²) in [5, 5.41) is -0.321. The minimum Gasteiger partial charge on any atom is -0.496 e. The number of halogens is 3. The van der Waals surface area contributed by atoms with Crippen LogP contribution >= 0.6 is 54.8 Å². The Morgan fingerprint density at radius 2 is 1.74 bits per heavy atom. The molecule has 0 bridgehead atoms. The summed E-state index contributed by atoms with van der Waals surface area (Å²) in [5.41, 5.74) is 0.843. The van der Waals surface area contributed by atoms with E-state index in [1.54, 1.807) is 25.6 Å². The Kier molecular flexibility index (Phi) is 5.17. The van der Waals surface area contributed by atoms with E-state index in [9.17, 15) is 0 Å². The van der Waals surface area contributed by atoms with Gasteiger partial charge in [0.2, 0.25) is 0 Å². The van der Waals surface area contributed by atoms with Gasteiger partial charge in [-0.05, 0) is 50.1 Å². The molecule has 2 rings (SSSR count). The topological polar surface area (TPSA) is 18.5 Å². The maximum absolute atomic E-state index is 6.59. The fraction of sp³-hybridized carbons (Fsp3) is 0.231. The quantitative estimate of drug-likeness (QED) is 0.591. The first kappa shape index (κ1) is 15.2. The smallest absolute Gasteiger partial charge is 0.127 e. The van der Waals surface area contributed by atoms with Gasteiger partial charge in [-0.1, -0.05) is 6.07 Å². The van der Waals surface area contributed by atoms with Gasteiger partial charge in [0.1, 0.15) is 16.9 Å². The van der Waals surface area contributed by atoms with Crippen molar-refractivity contribution in [2.45, 2.75) is 5.38 Å². The third-order valence-electron chi connectivity index (χ3n) is 2.63. The molecule has 2 aromatic rings. The van der Waals surface area contributed by atoms with Crippen molar-refractivity contribution in [1.29, 1.82) is 0 Å². The normalized spacial score (nSPS) is 12.3. The Balaban J connectivity index is 2.50. The van der Waals surface area contributed by atoms with Crippen LogP contribution < -0.4 is 9.47 Å². The molecule has 0 spiro atoms. The lowest BCUT2D eigenvalue weighted by Crippen LogP contribution is -1.99. The van der Waals surface area contributed by atoms with Crippen LogP contribution in [0.4, 0.5) is 0 Å². The molecule has 1 heterocycles. The molecule has 0 aliphatic heterocycles. The molecule has 2 nitrogen and oxygen atoms in total. The molecule has 0 N–H and O–H groups in total. The van der Waals surface area contributed by atoms with Crippen molar-refractivity contribution in [3.8, 4) is 11.5 Å². The maximum Gasteiger partial charge on any atom is 0.127 e. The van der Waals surface area contributed by atoms with Crippen LogP contribution in [0.5, 0.6) is 11.5 Å². The van der Waals surface area contributed by atoms with Crippen molar-refractivity contribution in [3.05, 3.63) is 43.0 Å². The van der Waals surface area contributed by atoms with Crippen LogP contribution in [0, 0.1) is 0 Å². The first-order valence-electron chi connectivity index (χ1n) is 5.38. The Bertz CT molecular complexity index is 544. The molecule has 0 saturated carbocycles. The minimum atomic E-state index is -0.321. The maximum atomic E-state index is 6.59. The van der Waals surface area contributed by atoms with Crippen LogP contribution in [-0.4, -0.2) is 14.2 Å². The summed E-state index contributed by atoms with van der Waals surface area (Å²) < 4.78 is 12.8. The summed E-state index contributed by atoms with van der Waals surface area (Å²) in [7, 11) is 3.25. The minimum absolute atomic E-state index is 0.321. The van der Waals surface area contributed by atoms with E-state index in [-0.39, 0.29) is 5.38 Å². The molecular weight excluding hydrogens is 415 g/mol. The average Bonchev–Trinajstić information content (AvgIpc) is 2.76. The van der Waals surface area contributed by atoms with Crippen LogP contribution in [0.15, 0.2) is 32.5 Å². The Hall–Kier alpha value is -0.230. The van der Waals surface area contributed by atoms with Crippen LogP contribution in [0.3, 0.4) is 0 Å². The molecule has 0 fully saturated rings. The highest BCUT2D eigenvalue weighted by Gasteiger charge is 2.23. The predicted molar refractivity (Wildman–Crippen MR) is 87.0 cm³/mol. The van der Waals surface area contributed by atoms with Gasteiger partial charge in [0.25, 0.3) is 0 Å². The van der Waals surface area contributed by atoms with E-state index in [0.717, 1.165) is 30.2 Å². The molecule has 1 atom stereocenters.